The molecule has 1 aliphatic carbocycles. The molecular formula is C19H21N5O2. The normalized spacial score (nSPS) is 20.2. The topological polar surface area (TPSA) is 81.8 Å². The number of hydrogen-bond acceptors (Lipinski definition) is 5. The molecule has 4 rings (SSSR count). The Morgan fingerprint density at radius 3 is 2.58 bits per heavy atom. The minimum atomic E-state index is -0.0532. The average molecular weight is 351 g/mol. The predicted octanol–water partition coefficient (Wildman–Crippen LogP) is 2.09. The van der Waals surface area contributed by atoms with Gasteiger partial charge in [0, 0.05) is 25.4 Å². The molecule has 0 saturated heterocycles. The molecule has 1 fully saturated rings. The van der Waals surface area contributed by atoms with Crippen molar-refractivity contribution in [3.05, 3.63) is 63.3 Å². The highest BCUT2D eigenvalue weighted by Crippen LogP contribution is 2.28. The number of hydrogen-bond donors (Lipinski definition) is 1. The van der Waals surface area contributed by atoms with Crippen LogP contribution in [0.2, 0.25) is 0 Å². The molecule has 2 heterocycles. The van der Waals surface area contributed by atoms with Gasteiger partial charge in [-0.3, -0.25) is 14.2 Å². The molecule has 0 spiro atoms. The molecule has 1 aliphatic rings. The molecule has 0 bridgehead atoms. The average Bonchev–Trinajstić information content (AvgIpc) is 2.67. The Bertz CT molecular complexity index is 1050. The van der Waals surface area contributed by atoms with Gasteiger partial charge in [-0.25, -0.2) is 9.67 Å². The summed E-state index contributed by atoms with van der Waals surface area (Å²) in [6.07, 6.45) is 5.19. The first-order valence-electron chi connectivity index (χ1n) is 8.89. The number of nitrogens with one attached hydrogen (secondary N) is 1. The van der Waals surface area contributed by atoms with Crippen LogP contribution in [-0.4, -0.2) is 25.4 Å². The summed E-state index contributed by atoms with van der Waals surface area (Å²) in [5.41, 5.74) is 0.598. The molecule has 0 atom stereocenters. The van der Waals surface area contributed by atoms with E-state index in [0.717, 1.165) is 25.7 Å². The highest BCUT2D eigenvalue weighted by Gasteiger charge is 2.24. The summed E-state index contributed by atoms with van der Waals surface area (Å²) in [5.74, 6) is 0.590. The third-order valence-electron chi connectivity index (χ3n) is 5.10. The van der Waals surface area contributed by atoms with Crippen LogP contribution in [0.5, 0.6) is 0 Å². The van der Waals surface area contributed by atoms with Crippen molar-refractivity contribution in [3.63, 3.8) is 0 Å². The fraction of sp³-hybridized carbons (Fsp3) is 0.368. The third-order valence-corrected chi connectivity index (χ3v) is 5.10. The van der Waals surface area contributed by atoms with Crippen molar-refractivity contribution in [3.8, 4) is 0 Å². The van der Waals surface area contributed by atoms with Crippen LogP contribution in [0.25, 0.3) is 10.9 Å². The fourth-order valence-electron chi connectivity index (χ4n) is 3.64. The molecule has 26 heavy (non-hydrogen) atoms. The van der Waals surface area contributed by atoms with E-state index < -0.39 is 0 Å². The Hall–Kier alpha value is -2.96. The van der Waals surface area contributed by atoms with Gasteiger partial charge in [0.05, 0.1) is 16.9 Å². The minimum Gasteiger partial charge on any atom is -0.353 e. The van der Waals surface area contributed by atoms with Crippen molar-refractivity contribution >= 4 is 16.9 Å². The van der Waals surface area contributed by atoms with E-state index in [4.69, 9.17) is 0 Å². The molecule has 3 aromatic rings. The van der Waals surface area contributed by atoms with Gasteiger partial charge in [-0.1, -0.05) is 12.1 Å². The highest BCUT2D eigenvalue weighted by molar-refractivity contribution is 5.78. The van der Waals surface area contributed by atoms with Crippen molar-refractivity contribution in [1.29, 1.82) is 0 Å². The van der Waals surface area contributed by atoms with Crippen LogP contribution in [0.15, 0.2) is 52.2 Å². The van der Waals surface area contributed by atoms with E-state index in [0.29, 0.717) is 16.9 Å². The van der Waals surface area contributed by atoms with Crippen LogP contribution in [0.4, 0.5) is 5.95 Å². The summed E-state index contributed by atoms with van der Waals surface area (Å²) in [7, 11) is 1.74. The number of aromatic nitrogens is 4. The van der Waals surface area contributed by atoms with Gasteiger partial charge in [-0.2, -0.15) is 5.10 Å². The minimum absolute atomic E-state index is 0.0492. The van der Waals surface area contributed by atoms with E-state index in [1.165, 1.54) is 0 Å². The van der Waals surface area contributed by atoms with Crippen molar-refractivity contribution in [2.75, 3.05) is 5.32 Å². The second-order valence-corrected chi connectivity index (χ2v) is 6.77. The Kier molecular flexibility index (Phi) is 4.28. The number of rotatable bonds is 3. The smallest absolute Gasteiger partial charge is 0.266 e. The number of anilines is 1. The van der Waals surface area contributed by atoms with Gasteiger partial charge >= 0.3 is 0 Å². The standard InChI is InChI=1S/C19H21N5O2/c1-23-18(26)15-5-2-3-6-16(15)22-19(23)21-13-8-10-14(11-9-13)24-17(25)7-4-12-20-24/h2-7,12-14H,8-11H2,1H3,(H,21,22). The quantitative estimate of drug-likeness (QED) is 0.781. The Balaban J connectivity index is 1.51. The molecule has 0 aliphatic heterocycles. The van der Waals surface area contributed by atoms with E-state index in [9.17, 15) is 9.59 Å². The van der Waals surface area contributed by atoms with Gasteiger partial charge in [-0.15, -0.1) is 0 Å². The van der Waals surface area contributed by atoms with Gasteiger partial charge in [-0.05, 0) is 43.9 Å². The summed E-state index contributed by atoms with van der Waals surface area (Å²) in [6.45, 7) is 0. The molecular weight excluding hydrogens is 330 g/mol. The van der Waals surface area contributed by atoms with Crippen molar-refractivity contribution in [2.45, 2.75) is 37.8 Å². The monoisotopic (exact) mass is 351 g/mol. The fourth-order valence-corrected chi connectivity index (χ4v) is 3.64. The van der Waals surface area contributed by atoms with Crippen LogP contribution >= 0.6 is 0 Å². The summed E-state index contributed by atoms with van der Waals surface area (Å²) in [5, 5.41) is 8.23. The summed E-state index contributed by atoms with van der Waals surface area (Å²) in [6, 6.07) is 11.0. The van der Waals surface area contributed by atoms with Crippen LogP contribution < -0.4 is 16.4 Å². The van der Waals surface area contributed by atoms with Crippen LogP contribution in [-0.2, 0) is 7.05 Å². The predicted molar refractivity (Wildman–Crippen MR) is 100 cm³/mol. The lowest BCUT2D eigenvalue weighted by atomic mass is 9.91. The number of para-hydroxylation sites is 1. The zero-order chi connectivity index (χ0) is 18.1. The van der Waals surface area contributed by atoms with Crippen molar-refractivity contribution in [1.82, 2.24) is 19.3 Å². The lowest BCUT2D eigenvalue weighted by Crippen LogP contribution is -2.34. The van der Waals surface area contributed by atoms with Crippen LogP contribution in [0.3, 0.4) is 0 Å². The molecule has 2 aromatic heterocycles. The van der Waals surface area contributed by atoms with Gasteiger partial charge in [0.2, 0.25) is 5.95 Å². The van der Waals surface area contributed by atoms with Crippen LogP contribution in [0.1, 0.15) is 31.7 Å². The van der Waals surface area contributed by atoms with E-state index in [2.05, 4.69) is 15.4 Å². The maximum absolute atomic E-state index is 12.5. The lowest BCUT2D eigenvalue weighted by Gasteiger charge is -2.30. The van der Waals surface area contributed by atoms with Gasteiger partial charge in [0.25, 0.3) is 11.1 Å². The second-order valence-electron chi connectivity index (χ2n) is 6.77. The van der Waals surface area contributed by atoms with E-state index >= 15 is 0 Å². The van der Waals surface area contributed by atoms with Crippen molar-refractivity contribution in [2.24, 2.45) is 7.05 Å². The van der Waals surface area contributed by atoms with Gasteiger partial charge in [0.1, 0.15) is 0 Å². The Morgan fingerprint density at radius 2 is 1.81 bits per heavy atom. The Labute approximate surface area is 150 Å². The van der Waals surface area contributed by atoms with E-state index in [1.54, 1.807) is 40.7 Å². The largest absolute Gasteiger partial charge is 0.353 e. The summed E-state index contributed by atoms with van der Waals surface area (Å²) in [4.78, 5) is 29.0. The Morgan fingerprint density at radius 1 is 1.04 bits per heavy atom. The zero-order valence-corrected chi connectivity index (χ0v) is 14.6. The molecule has 7 heteroatoms. The first-order valence-corrected chi connectivity index (χ1v) is 8.89. The maximum Gasteiger partial charge on any atom is 0.266 e. The highest BCUT2D eigenvalue weighted by atomic mass is 16.1. The van der Waals surface area contributed by atoms with Crippen molar-refractivity contribution < 1.29 is 0 Å². The molecule has 1 N–H and O–H groups in total. The molecule has 0 unspecified atom stereocenters. The second kappa shape index (κ2) is 6.74. The van der Waals surface area contributed by atoms with E-state index in [1.807, 2.05) is 18.2 Å². The summed E-state index contributed by atoms with van der Waals surface area (Å²) < 4.78 is 3.15. The summed E-state index contributed by atoms with van der Waals surface area (Å²) >= 11 is 0. The third kappa shape index (κ3) is 3.00. The molecule has 7 nitrogen and oxygen atoms in total. The van der Waals surface area contributed by atoms with E-state index in [-0.39, 0.29) is 23.2 Å². The number of fused-ring (bicyclic) bond motifs is 1. The first kappa shape index (κ1) is 16.5. The molecule has 1 saturated carbocycles. The van der Waals surface area contributed by atoms with Gasteiger partial charge in [0.15, 0.2) is 0 Å². The maximum atomic E-state index is 12.5. The first-order chi connectivity index (χ1) is 12.6. The SMILES string of the molecule is Cn1c(NC2CCC(n3ncccc3=O)CC2)nc2ccccc2c1=O. The zero-order valence-electron chi connectivity index (χ0n) is 14.6. The molecule has 0 amide bonds. The molecule has 0 radical (unpaired) electrons. The number of nitrogens with zero attached hydrogens (tertiary/aromatic N) is 4. The lowest BCUT2D eigenvalue weighted by molar-refractivity contribution is 0.303. The van der Waals surface area contributed by atoms with Crippen LogP contribution in [0, 0.1) is 0 Å². The molecule has 134 valence electrons. The molecule has 1 aromatic carbocycles. The number of benzene rings is 1. The van der Waals surface area contributed by atoms with Gasteiger partial charge < -0.3 is 5.32 Å².